The van der Waals surface area contributed by atoms with Gasteiger partial charge in [-0.05, 0) is 47.5 Å². The van der Waals surface area contributed by atoms with Crippen LogP contribution >= 0.6 is 0 Å². The quantitative estimate of drug-likeness (QED) is 0.585. The zero-order valence-electron chi connectivity index (χ0n) is 18.3. The van der Waals surface area contributed by atoms with E-state index < -0.39 is 0 Å². The van der Waals surface area contributed by atoms with E-state index in [1.165, 1.54) is 22.5 Å². The number of hydrogen-bond donors (Lipinski definition) is 0. The van der Waals surface area contributed by atoms with Gasteiger partial charge in [0.2, 0.25) is 5.69 Å². The number of aromatic nitrogens is 2. The molecule has 2 aromatic carbocycles. The van der Waals surface area contributed by atoms with Crippen molar-refractivity contribution in [1.82, 2.24) is 4.68 Å². The molecular weight excluding hydrogens is 356 g/mol. The van der Waals surface area contributed by atoms with Crippen molar-refractivity contribution >= 4 is 35.7 Å². The second kappa shape index (κ2) is 8.82. The van der Waals surface area contributed by atoms with Gasteiger partial charge in [0.05, 0.1) is 7.05 Å². The number of hydrogen-bond acceptors (Lipinski definition) is 2. The molecule has 150 valence electrons. The second-order valence-corrected chi connectivity index (χ2v) is 7.68. The van der Waals surface area contributed by atoms with Crippen molar-refractivity contribution in [2.45, 2.75) is 0 Å². The highest BCUT2D eigenvalue weighted by Crippen LogP contribution is 2.16. The molecule has 0 N–H and O–H groups in total. The third-order valence-corrected chi connectivity index (χ3v) is 5.21. The predicted octanol–water partition coefficient (Wildman–Crippen LogP) is 4.32. The molecule has 0 radical (unpaired) electrons. The molecule has 4 nitrogen and oxygen atoms in total. The molecule has 1 heterocycles. The molecule has 0 saturated carbocycles. The van der Waals surface area contributed by atoms with Crippen LogP contribution in [0.1, 0.15) is 22.5 Å². The van der Waals surface area contributed by atoms with Crippen molar-refractivity contribution in [3.05, 3.63) is 77.1 Å². The summed E-state index contributed by atoms with van der Waals surface area (Å²) in [4.78, 5) is 4.22. The molecule has 0 fully saturated rings. The molecule has 0 aliphatic heterocycles. The first-order valence-electron chi connectivity index (χ1n) is 9.82. The molecule has 0 aliphatic rings. The van der Waals surface area contributed by atoms with Crippen molar-refractivity contribution in [2.24, 2.45) is 14.1 Å². The van der Waals surface area contributed by atoms with Gasteiger partial charge >= 0.3 is 0 Å². The Balaban J connectivity index is 1.76. The summed E-state index contributed by atoms with van der Waals surface area (Å²) in [6, 6.07) is 19.3. The van der Waals surface area contributed by atoms with Gasteiger partial charge in [-0.2, -0.15) is 4.68 Å². The Morgan fingerprint density at radius 3 is 1.59 bits per heavy atom. The van der Waals surface area contributed by atoms with Crippen molar-refractivity contribution in [2.75, 3.05) is 38.0 Å². The van der Waals surface area contributed by atoms with Gasteiger partial charge in [-0.1, -0.05) is 30.3 Å². The Labute approximate surface area is 174 Å². The predicted molar refractivity (Wildman–Crippen MR) is 126 cm³/mol. The van der Waals surface area contributed by atoms with Crippen LogP contribution < -0.4 is 14.5 Å². The van der Waals surface area contributed by atoms with Gasteiger partial charge in [0.1, 0.15) is 5.69 Å². The molecule has 29 heavy (non-hydrogen) atoms. The van der Waals surface area contributed by atoms with Crippen LogP contribution in [0.2, 0.25) is 0 Å². The van der Waals surface area contributed by atoms with Crippen molar-refractivity contribution in [3.63, 3.8) is 0 Å². The monoisotopic (exact) mass is 387 g/mol. The highest BCUT2D eigenvalue weighted by Gasteiger charge is 2.12. The Morgan fingerprint density at radius 2 is 1.14 bits per heavy atom. The van der Waals surface area contributed by atoms with E-state index in [1.807, 2.05) is 0 Å². The lowest BCUT2D eigenvalue weighted by Crippen LogP contribution is -2.39. The minimum atomic E-state index is 1.16. The van der Waals surface area contributed by atoms with Crippen molar-refractivity contribution < 1.29 is 4.68 Å². The first-order valence-corrected chi connectivity index (χ1v) is 9.82. The summed E-state index contributed by atoms with van der Waals surface area (Å²) in [5, 5.41) is 0. The summed E-state index contributed by atoms with van der Waals surface area (Å²) in [7, 11) is 12.4. The molecule has 0 spiro atoms. The van der Waals surface area contributed by atoms with Gasteiger partial charge in [0, 0.05) is 51.7 Å². The van der Waals surface area contributed by atoms with E-state index in [9.17, 15) is 0 Å². The minimum Gasteiger partial charge on any atom is -0.378 e. The third-order valence-electron chi connectivity index (χ3n) is 5.21. The maximum absolute atomic E-state index is 2.20. The average molecular weight is 388 g/mol. The summed E-state index contributed by atoms with van der Waals surface area (Å²) in [5.41, 5.74) is 7.12. The Kier molecular flexibility index (Phi) is 6.23. The van der Waals surface area contributed by atoms with Crippen LogP contribution in [0, 0.1) is 0 Å². The molecule has 0 unspecified atom stereocenters. The van der Waals surface area contributed by atoms with Gasteiger partial charge in [0.15, 0.2) is 7.05 Å². The van der Waals surface area contributed by atoms with Crippen LogP contribution in [-0.4, -0.2) is 32.9 Å². The van der Waals surface area contributed by atoms with Gasteiger partial charge in [-0.15, -0.1) is 4.68 Å². The average Bonchev–Trinajstić information content (AvgIpc) is 2.99. The molecule has 1 aromatic heterocycles. The molecule has 0 saturated heterocycles. The number of anilines is 2. The maximum atomic E-state index is 2.20. The molecule has 0 aliphatic carbocycles. The normalized spacial score (nSPS) is 11.5. The van der Waals surface area contributed by atoms with E-state index in [1.54, 1.807) is 0 Å². The summed E-state index contributed by atoms with van der Waals surface area (Å²) in [6.07, 6.45) is 8.63. The Morgan fingerprint density at radius 1 is 0.690 bits per heavy atom. The number of rotatable bonds is 6. The second-order valence-electron chi connectivity index (χ2n) is 7.68. The van der Waals surface area contributed by atoms with Crippen LogP contribution in [0.3, 0.4) is 0 Å². The minimum absolute atomic E-state index is 1.16. The van der Waals surface area contributed by atoms with Crippen LogP contribution in [0.15, 0.2) is 54.6 Å². The van der Waals surface area contributed by atoms with E-state index in [4.69, 9.17) is 0 Å². The molecule has 0 atom stereocenters. The molecular formula is C25H31N4+. The number of nitrogens with zero attached hydrogens (tertiary/aromatic N) is 4. The fourth-order valence-corrected chi connectivity index (χ4v) is 3.13. The summed E-state index contributed by atoms with van der Waals surface area (Å²) in [6.45, 7) is 0. The van der Waals surface area contributed by atoms with Crippen molar-refractivity contribution in [1.29, 1.82) is 0 Å². The third kappa shape index (κ3) is 4.96. The van der Waals surface area contributed by atoms with E-state index in [0.717, 1.165) is 11.4 Å². The first-order chi connectivity index (χ1) is 13.8. The van der Waals surface area contributed by atoms with Gasteiger partial charge in [-0.25, -0.2) is 0 Å². The highest BCUT2D eigenvalue weighted by atomic mass is 15.4. The summed E-state index contributed by atoms with van der Waals surface area (Å²) in [5.74, 6) is 0. The standard InChI is InChI=1S/C25H31N4/c1-26(2)22-13-7-20(8-14-22)11-17-24-19-25(29(6)28(24)5)18-12-21-9-15-23(16-10-21)27(3)4/h7-19H,1-6H3/q+1. The van der Waals surface area contributed by atoms with Crippen molar-refractivity contribution in [3.8, 4) is 0 Å². The molecule has 0 bridgehead atoms. The molecule has 4 heteroatoms. The SMILES string of the molecule is CN(C)c1ccc(C=Cc2cc(C=Cc3ccc(N(C)C)cc3)[n+](C)n2C)cc1. The van der Waals surface area contributed by atoms with Gasteiger partial charge in [-0.3, -0.25) is 0 Å². The molecule has 3 rings (SSSR count). The maximum Gasteiger partial charge on any atom is 0.231 e. The van der Waals surface area contributed by atoms with E-state index in [0.29, 0.717) is 0 Å². The number of benzene rings is 2. The van der Waals surface area contributed by atoms with Crippen LogP contribution in [0.4, 0.5) is 11.4 Å². The fourth-order valence-electron chi connectivity index (χ4n) is 3.13. The smallest absolute Gasteiger partial charge is 0.231 e. The lowest BCUT2D eigenvalue weighted by atomic mass is 10.1. The Bertz CT molecular complexity index is 922. The molecule has 3 aromatic rings. The Hall–Kier alpha value is -3.27. The zero-order chi connectivity index (χ0) is 21.0. The van der Waals surface area contributed by atoms with E-state index in [-0.39, 0.29) is 0 Å². The molecule has 0 amide bonds. The van der Waals surface area contributed by atoms with Crippen LogP contribution in [0.25, 0.3) is 24.3 Å². The zero-order valence-corrected chi connectivity index (χ0v) is 18.3. The van der Waals surface area contributed by atoms with Crippen LogP contribution in [0.5, 0.6) is 0 Å². The van der Waals surface area contributed by atoms with E-state index in [2.05, 4.69) is 140 Å². The van der Waals surface area contributed by atoms with E-state index >= 15 is 0 Å². The lowest BCUT2D eigenvalue weighted by molar-refractivity contribution is -0.752. The summed E-state index contributed by atoms with van der Waals surface area (Å²) >= 11 is 0. The lowest BCUT2D eigenvalue weighted by Gasteiger charge is -2.11. The topological polar surface area (TPSA) is 15.3 Å². The largest absolute Gasteiger partial charge is 0.378 e. The van der Waals surface area contributed by atoms with Gasteiger partial charge < -0.3 is 9.80 Å². The summed E-state index contributed by atoms with van der Waals surface area (Å²) < 4.78 is 4.30. The van der Waals surface area contributed by atoms with Crippen LogP contribution in [-0.2, 0) is 14.1 Å². The van der Waals surface area contributed by atoms with Gasteiger partial charge in [0.25, 0.3) is 0 Å². The highest BCUT2D eigenvalue weighted by molar-refractivity contribution is 5.72. The fraction of sp³-hybridized carbons (Fsp3) is 0.240. The first kappa shape index (κ1) is 20.5.